The van der Waals surface area contributed by atoms with Crippen LogP contribution in [-0.4, -0.2) is 17.0 Å². The third kappa shape index (κ3) is 6.08. The topological polar surface area (TPSA) is 36.9 Å². The van der Waals surface area contributed by atoms with Crippen LogP contribution in [0, 0.1) is 11.8 Å². The van der Waals surface area contributed by atoms with Crippen LogP contribution in [0.2, 0.25) is 0 Å². The van der Waals surface area contributed by atoms with Crippen molar-refractivity contribution in [3.05, 3.63) is 0 Å². The zero-order valence-electron chi connectivity index (χ0n) is 14.4. The summed E-state index contributed by atoms with van der Waals surface area (Å²) in [6.07, 6.45) is 2.60. The van der Waals surface area contributed by atoms with E-state index in [0.29, 0.717) is 11.8 Å². The highest BCUT2D eigenvalue weighted by molar-refractivity contribution is 4.81. The van der Waals surface area contributed by atoms with Gasteiger partial charge in [0.2, 0.25) is 5.79 Å². The highest BCUT2D eigenvalue weighted by atomic mass is 17.3. The monoisotopic (exact) mass is 288 g/mol. The molecule has 4 nitrogen and oxygen atoms in total. The molecule has 0 spiro atoms. The van der Waals surface area contributed by atoms with Gasteiger partial charge in [0.1, 0.15) is 0 Å². The van der Waals surface area contributed by atoms with E-state index in [2.05, 4.69) is 13.8 Å². The van der Waals surface area contributed by atoms with Gasteiger partial charge < -0.3 is 0 Å². The van der Waals surface area contributed by atoms with Gasteiger partial charge in [-0.05, 0) is 59.8 Å². The summed E-state index contributed by atoms with van der Waals surface area (Å²) < 4.78 is 0. The van der Waals surface area contributed by atoms with Crippen LogP contribution in [0.3, 0.4) is 0 Å². The molecule has 2 atom stereocenters. The highest BCUT2D eigenvalue weighted by Crippen LogP contribution is 2.41. The lowest BCUT2D eigenvalue weighted by atomic mass is 9.78. The second kappa shape index (κ2) is 6.30. The van der Waals surface area contributed by atoms with Gasteiger partial charge in [-0.15, -0.1) is 0 Å². The van der Waals surface area contributed by atoms with Gasteiger partial charge in [-0.3, -0.25) is 0 Å². The molecule has 1 fully saturated rings. The average molecular weight is 288 g/mol. The predicted molar refractivity (Wildman–Crippen MR) is 78.8 cm³/mol. The molecule has 1 rings (SSSR count). The van der Waals surface area contributed by atoms with Gasteiger partial charge in [-0.25, -0.2) is 9.78 Å². The Morgan fingerprint density at radius 1 is 0.800 bits per heavy atom. The summed E-state index contributed by atoms with van der Waals surface area (Å²) in [5.41, 5.74) is -0.741. The quantitative estimate of drug-likeness (QED) is 0.429. The molecule has 1 saturated carbocycles. The van der Waals surface area contributed by atoms with E-state index in [1.165, 1.54) is 0 Å². The van der Waals surface area contributed by atoms with Crippen LogP contribution in [0.5, 0.6) is 0 Å². The summed E-state index contributed by atoms with van der Waals surface area (Å²) in [5.74, 6) is 0.377. The molecule has 0 bridgehead atoms. The maximum Gasteiger partial charge on any atom is 0.234 e. The highest BCUT2D eigenvalue weighted by Gasteiger charge is 2.44. The van der Waals surface area contributed by atoms with E-state index < -0.39 is 5.79 Å². The fraction of sp³-hybridized carbons (Fsp3) is 1.00. The minimum absolute atomic E-state index is 0.371. The van der Waals surface area contributed by atoms with Gasteiger partial charge in [0.25, 0.3) is 0 Å². The van der Waals surface area contributed by atoms with Gasteiger partial charge in [-0.1, -0.05) is 13.8 Å². The number of rotatable bonds is 4. The fourth-order valence-corrected chi connectivity index (χ4v) is 2.09. The summed E-state index contributed by atoms with van der Waals surface area (Å²) in [6, 6.07) is 0. The van der Waals surface area contributed by atoms with Crippen LogP contribution in [0.25, 0.3) is 0 Å². The largest absolute Gasteiger partial charge is 0.234 e. The smallest absolute Gasteiger partial charge is 0.228 e. The van der Waals surface area contributed by atoms with Crippen molar-refractivity contribution >= 4 is 0 Å². The van der Waals surface area contributed by atoms with E-state index in [1.807, 2.05) is 41.5 Å². The zero-order valence-corrected chi connectivity index (χ0v) is 14.4. The van der Waals surface area contributed by atoms with E-state index in [1.54, 1.807) is 0 Å². The molecule has 20 heavy (non-hydrogen) atoms. The van der Waals surface area contributed by atoms with Crippen LogP contribution in [0.4, 0.5) is 0 Å². The third-order valence-electron chi connectivity index (χ3n) is 3.47. The Kier molecular flexibility index (Phi) is 5.64. The van der Waals surface area contributed by atoms with Gasteiger partial charge in [0.15, 0.2) is 0 Å². The Bertz CT molecular complexity index is 283. The summed E-state index contributed by atoms with van der Waals surface area (Å²) in [7, 11) is 0. The maximum absolute atomic E-state index is 5.70. The van der Waals surface area contributed by atoms with Crippen molar-refractivity contribution < 1.29 is 19.6 Å². The maximum atomic E-state index is 5.70. The average Bonchev–Trinajstić information content (AvgIpc) is 2.27. The Labute approximate surface area is 124 Å². The minimum Gasteiger partial charge on any atom is -0.228 e. The molecule has 4 heteroatoms. The summed E-state index contributed by atoms with van der Waals surface area (Å²) in [6.45, 7) is 16.2. The summed E-state index contributed by atoms with van der Waals surface area (Å²) in [5, 5.41) is 0. The lowest BCUT2D eigenvalue weighted by Gasteiger charge is -2.41. The van der Waals surface area contributed by atoms with E-state index in [4.69, 9.17) is 19.6 Å². The van der Waals surface area contributed by atoms with E-state index in [0.717, 1.165) is 19.3 Å². The third-order valence-corrected chi connectivity index (χ3v) is 3.47. The van der Waals surface area contributed by atoms with Gasteiger partial charge in [0, 0.05) is 12.8 Å². The van der Waals surface area contributed by atoms with Crippen molar-refractivity contribution in [1.29, 1.82) is 0 Å². The second-order valence-electron chi connectivity index (χ2n) is 8.17. The molecule has 120 valence electrons. The number of hydrogen-bond acceptors (Lipinski definition) is 4. The molecule has 0 aliphatic heterocycles. The van der Waals surface area contributed by atoms with Gasteiger partial charge in [-0.2, -0.15) is 9.78 Å². The van der Waals surface area contributed by atoms with Crippen LogP contribution in [0.1, 0.15) is 74.7 Å². The zero-order chi connectivity index (χ0) is 15.6. The van der Waals surface area contributed by atoms with Crippen molar-refractivity contribution in [3.63, 3.8) is 0 Å². The molecule has 1 aliphatic rings. The molecule has 2 unspecified atom stereocenters. The molecule has 0 N–H and O–H groups in total. The first-order valence-corrected chi connectivity index (χ1v) is 7.66. The van der Waals surface area contributed by atoms with Crippen LogP contribution < -0.4 is 0 Å². The molecule has 0 aromatic rings. The second-order valence-corrected chi connectivity index (χ2v) is 8.17. The normalized spacial score (nSPS) is 27.6. The van der Waals surface area contributed by atoms with Crippen LogP contribution >= 0.6 is 0 Å². The fourth-order valence-electron chi connectivity index (χ4n) is 2.09. The van der Waals surface area contributed by atoms with Gasteiger partial charge in [0.05, 0.1) is 11.2 Å². The number of hydrogen-bond donors (Lipinski definition) is 0. The summed E-state index contributed by atoms with van der Waals surface area (Å²) in [4.78, 5) is 22.4. The molecule has 0 radical (unpaired) electrons. The van der Waals surface area contributed by atoms with E-state index in [-0.39, 0.29) is 11.2 Å². The predicted octanol–water partition coefficient (Wildman–Crippen LogP) is 4.63. The van der Waals surface area contributed by atoms with E-state index >= 15 is 0 Å². The first-order chi connectivity index (χ1) is 8.93. The lowest BCUT2D eigenvalue weighted by Crippen LogP contribution is -2.45. The molecule has 0 saturated heterocycles. The SMILES string of the molecule is CC1CCC(OOC(C)(C)C)(OOC(C)(C)C)CC1C. The van der Waals surface area contributed by atoms with Crippen molar-refractivity contribution in [2.75, 3.05) is 0 Å². The standard InChI is InChI=1S/C16H32O4/c1-12-9-10-16(11-13(12)2,19-17-14(3,4)5)20-18-15(6,7)8/h12-13H,9-11H2,1-8H3. The molecule has 0 aromatic carbocycles. The minimum atomic E-state index is -0.799. The van der Waals surface area contributed by atoms with Crippen LogP contribution in [-0.2, 0) is 19.6 Å². The molecule has 0 amide bonds. The van der Waals surface area contributed by atoms with Crippen molar-refractivity contribution in [1.82, 2.24) is 0 Å². The van der Waals surface area contributed by atoms with Crippen molar-refractivity contribution in [2.24, 2.45) is 11.8 Å². The van der Waals surface area contributed by atoms with Crippen LogP contribution in [0.15, 0.2) is 0 Å². The Morgan fingerprint density at radius 2 is 1.25 bits per heavy atom. The molecule has 1 aliphatic carbocycles. The molecule has 0 heterocycles. The first-order valence-electron chi connectivity index (χ1n) is 7.66. The van der Waals surface area contributed by atoms with E-state index in [9.17, 15) is 0 Å². The molecular weight excluding hydrogens is 256 g/mol. The molecular formula is C16H32O4. The summed E-state index contributed by atoms with van der Waals surface area (Å²) >= 11 is 0. The molecule has 0 aromatic heterocycles. The van der Waals surface area contributed by atoms with Gasteiger partial charge >= 0.3 is 0 Å². The van der Waals surface area contributed by atoms with Crippen molar-refractivity contribution in [2.45, 2.75) is 91.6 Å². The van der Waals surface area contributed by atoms with Crippen molar-refractivity contribution in [3.8, 4) is 0 Å². The Morgan fingerprint density at radius 3 is 1.60 bits per heavy atom. The first kappa shape index (κ1) is 17.9. The Balaban J connectivity index is 2.73. The Hall–Kier alpha value is -0.160. The lowest BCUT2D eigenvalue weighted by molar-refractivity contribution is -0.548.